The second kappa shape index (κ2) is 3.63. The quantitative estimate of drug-likeness (QED) is 0.610. The molecule has 0 aromatic heterocycles. The van der Waals surface area contributed by atoms with Gasteiger partial charge in [-0.05, 0) is 0 Å². The van der Waals surface area contributed by atoms with Crippen molar-refractivity contribution in [2.45, 2.75) is 25.3 Å². The van der Waals surface area contributed by atoms with E-state index in [4.69, 9.17) is 5.73 Å². The molecule has 1 saturated carbocycles. The summed E-state index contributed by atoms with van der Waals surface area (Å²) in [5, 5.41) is 0. The molecule has 0 amide bonds. The van der Waals surface area contributed by atoms with Crippen molar-refractivity contribution in [1.82, 2.24) is 0 Å². The number of nitrogens with one attached hydrogen (secondary N) is 1. The molecule has 2 atom stereocenters. The van der Waals surface area contributed by atoms with Gasteiger partial charge in [0.25, 0.3) is 0 Å². The molecule has 1 nitrogen and oxygen atoms in total. The molecule has 0 aliphatic heterocycles. The van der Waals surface area contributed by atoms with Crippen LogP contribution in [-0.2, 0) is 21.1 Å². The van der Waals surface area contributed by atoms with E-state index in [-0.39, 0.29) is 27.1 Å². The van der Waals surface area contributed by atoms with Crippen molar-refractivity contribution in [3.8, 4) is 0 Å². The molecule has 0 heterocycles. The van der Waals surface area contributed by atoms with Crippen LogP contribution in [0.1, 0.15) is 19.3 Å². The van der Waals surface area contributed by atoms with E-state index in [1.54, 1.807) is 0 Å². The van der Waals surface area contributed by atoms with E-state index in [2.05, 4.69) is 6.92 Å². The van der Waals surface area contributed by atoms with Gasteiger partial charge in [-0.15, -0.1) is 0 Å². The zero-order chi connectivity index (χ0) is 5.28. The van der Waals surface area contributed by atoms with E-state index in [0.717, 1.165) is 6.42 Å². The molecule has 0 radical (unpaired) electrons. The van der Waals surface area contributed by atoms with Crippen molar-refractivity contribution in [1.29, 1.82) is 0 Å². The minimum atomic E-state index is 0. The summed E-state index contributed by atoms with van der Waals surface area (Å²) >= 11 is 0. The molecule has 2 heteroatoms. The molecule has 0 aromatic rings. The van der Waals surface area contributed by atoms with Crippen molar-refractivity contribution >= 4 is 0 Å². The summed E-state index contributed by atoms with van der Waals surface area (Å²) in [6, 6.07) is 0.153. The van der Waals surface area contributed by atoms with Gasteiger partial charge in [-0.2, -0.15) is 12.0 Å². The molecule has 50 valence electrons. The van der Waals surface area contributed by atoms with Gasteiger partial charge in [-0.3, -0.25) is 0 Å². The number of rotatable bonds is 0. The Morgan fingerprint density at radius 3 is 2.12 bits per heavy atom. The predicted molar refractivity (Wildman–Crippen MR) is 30.8 cm³/mol. The summed E-state index contributed by atoms with van der Waals surface area (Å²) in [6.07, 6.45) is 3.48. The largest absolute Gasteiger partial charge is 2.00 e. The standard InChI is InChI=1S/C6H11N.Pt/c1-5-3-2-4-6(5)7;/h5-7H,1-4H2;/q-2;+2. The third-order valence-electron chi connectivity index (χ3n) is 1.66. The normalized spacial score (nSPS) is 36.8. The predicted octanol–water partition coefficient (Wildman–Crippen LogP) is 2.04. The van der Waals surface area contributed by atoms with Crippen molar-refractivity contribution in [3.05, 3.63) is 12.7 Å². The van der Waals surface area contributed by atoms with Gasteiger partial charge >= 0.3 is 21.1 Å². The van der Waals surface area contributed by atoms with E-state index < -0.39 is 0 Å². The van der Waals surface area contributed by atoms with Crippen LogP contribution in [-0.4, -0.2) is 6.04 Å². The fourth-order valence-electron chi connectivity index (χ4n) is 1.04. The Kier molecular flexibility index (Phi) is 3.93. The summed E-state index contributed by atoms with van der Waals surface area (Å²) in [4.78, 5) is 0. The average molecular weight is 292 g/mol. The Labute approximate surface area is 65.3 Å². The van der Waals surface area contributed by atoms with E-state index in [9.17, 15) is 0 Å². The Bertz CT molecular complexity index is 57.5. The van der Waals surface area contributed by atoms with Crippen molar-refractivity contribution in [2.75, 3.05) is 0 Å². The maximum atomic E-state index is 7.28. The first-order valence-corrected chi connectivity index (χ1v) is 2.85. The molecule has 0 saturated heterocycles. The van der Waals surface area contributed by atoms with Gasteiger partial charge in [0.1, 0.15) is 0 Å². The average Bonchev–Trinajstić information content (AvgIpc) is 1.91. The fraction of sp³-hybridized carbons (Fsp3) is 0.833. The molecule has 1 aliphatic rings. The van der Waals surface area contributed by atoms with Crippen LogP contribution >= 0.6 is 0 Å². The van der Waals surface area contributed by atoms with Gasteiger partial charge in [0, 0.05) is 0 Å². The van der Waals surface area contributed by atoms with E-state index in [0.29, 0.717) is 5.92 Å². The van der Waals surface area contributed by atoms with Gasteiger partial charge in [0.2, 0.25) is 0 Å². The first-order chi connectivity index (χ1) is 3.30. The van der Waals surface area contributed by atoms with E-state index in [1.807, 2.05) is 0 Å². The molecule has 1 N–H and O–H groups in total. The first kappa shape index (κ1) is 8.65. The van der Waals surface area contributed by atoms with Crippen molar-refractivity contribution in [3.63, 3.8) is 0 Å². The Morgan fingerprint density at radius 2 is 2.00 bits per heavy atom. The van der Waals surface area contributed by atoms with Gasteiger partial charge in [0.05, 0.1) is 0 Å². The van der Waals surface area contributed by atoms with Crippen LogP contribution in [0.2, 0.25) is 0 Å². The van der Waals surface area contributed by atoms with Crippen molar-refractivity contribution < 1.29 is 21.1 Å². The Balaban J connectivity index is 0.000000490. The second-order valence-electron chi connectivity index (χ2n) is 2.30. The summed E-state index contributed by atoms with van der Waals surface area (Å²) in [5.74, 6) is 0.431. The SMILES string of the molecule is [CH2-]C1CCCC1[NH-].[Pt+2]. The van der Waals surface area contributed by atoms with Gasteiger partial charge in [-0.1, -0.05) is 19.3 Å². The molecular weight excluding hydrogens is 281 g/mol. The number of hydrogen-bond donors (Lipinski definition) is 0. The summed E-state index contributed by atoms with van der Waals surface area (Å²) in [6.45, 7) is 3.83. The van der Waals surface area contributed by atoms with Crippen LogP contribution in [0.5, 0.6) is 0 Å². The van der Waals surface area contributed by atoms with Gasteiger partial charge in [-0.25, -0.2) is 0 Å². The van der Waals surface area contributed by atoms with Crippen LogP contribution in [0.15, 0.2) is 0 Å². The molecule has 1 rings (SSSR count). The topological polar surface area (TPSA) is 23.8 Å². The summed E-state index contributed by atoms with van der Waals surface area (Å²) in [5.41, 5.74) is 7.28. The molecule has 0 spiro atoms. The maximum Gasteiger partial charge on any atom is 2.00 e. The molecular formula is C6H11NPt. The molecule has 8 heavy (non-hydrogen) atoms. The third kappa shape index (κ3) is 1.87. The second-order valence-corrected chi connectivity index (χ2v) is 2.30. The first-order valence-electron chi connectivity index (χ1n) is 2.85. The zero-order valence-corrected chi connectivity index (χ0v) is 7.07. The third-order valence-corrected chi connectivity index (χ3v) is 1.66. The summed E-state index contributed by atoms with van der Waals surface area (Å²) in [7, 11) is 0. The van der Waals surface area contributed by atoms with E-state index >= 15 is 0 Å². The molecule has 0 aromatic carbocycles. The van der Waals surface area contributed by atoms with Gasteiger partial charge < -0.3 is 12.7 Å². The van der Waals surface area contributed by atoms with Crippen LogP contribution in [0.25, 0.3) is 5.73 Å². The maximum absolute atomic E-state index is 7.28. The fourth-order valence-corrected chi connectivity index (χ4v) is 1.04. The molecule has 2 unspecified atom stereocenters. The molecule has 1 aliphatic carbocycles. The monoisotopic (exact) mass is 292 g/mol. The smallest absolute Gasteiger partial charge is 0.677 e. The van der Waals surface area contributed by atoms with Crippen LogP contribution < -0.4 is 0 Å². The van der Waals surface area contributed by atoms with E-state index in [1.165, 1.54) is 12.8 Å². The Hall–Kier alpha value is 0.648. The minimum absolute atomic E-state index is 0. The number of hydrogen-bond acceptors (Lipinski definition) is 0. The minimum Gasteiger partial charge on any atom is -0.677 e. The van der Waals surface area contributed by atoms with Crippen LogP contribution in [0.3, 0.4) is 0 Å². The van der Waals surface area contributed by atoms with Crippen molar-refractivity contribution in [2.24, 2.45) is 5.92 Å². The molecule has 0 bridgehead atoms. The van der Waals surface area contributed by atoms with Crippen LogP contribution in [0, 0.1) is 12.8 Å². The molecule has 1 fully saturated rings. The Morgan fingerprint density at radius 1 is 1.38 bits per heavy atom. The summed E-state index contributed by atoms with van der Waals surface area (Å²) < 4.78 is 0. The van der Waals surface area contributed by atoms with Gasteiger partial charge in [0.15, 0.2) is 0 Å². The van der Waals surface area contributed by atoms with Crippen LogP contribution in [0.4, 0.5) is 0 Å². The zero-order valence-electron chi connectivity index (χ0n) is 4.80.